The molecule has 1 N–H and O–H groups in total. The maximum atomic E-state index is 10.5. The molecule has 0 aliphatic rings. The molecule has 8 nitrogen and oxygen atoms in total. The summed E-state index contributed by atoms with van der Waals surface area (Å²) in [5.74, 6) is -0.356. The lowest BCUT2D eigenvalue weighted by Gasteiger charge is -1.89. The number of hydrogen-bond donors (Lipinski definition) is 1. The molecule has 0 atom stereocenters. The standard InChI is InChI=1S/C7H7ClN6O2S/c1-9-7-11-10-5(17-7)3-13-2-4(8)6(12-13)14(15)16/h2H,3H2,1H3,(H,9,11). The summed E-state index contributed by atoms with van der Waals surface area (Å²) in [6.07, 6.45) is 1.39. The molecule has 0 saturated carbocycles. The first kappa shape index (κ1) is 11.7. The van der Waals surface area contributed by atoms with Crippen molar-refractivity contribution in [3.8, 4) is 0 Å². The molecule has 0 amide bonds. The van der Waals surface area contributed by atoms with E-state index in [4.69, 9.17) is 11.6 Å². The fourth-order valence-corrected chi connectivity index (χ4v) is 2.05. The molecular weight excluding hydrogens is 268 g/mol. The molecule has 17 heavy (non-hydrogen) atoms. The predicted octanol–water partition coefficient (Wildman–Crippen LogP) is 1.39. The van der Waals surface area contributed by atoms with E-state index in [1.54, 1.807) is 7.05 Å². The number of halogens is 1. The Kier molecular flexibility index (Phi) is 3.20. The summed E-state index contributed by atoms with van der Waals surface area (Å²) in [4.78, 5) is 9.92. The second kappa shape index (κ2) is 4.63. The van der Waals surface area contributed by atoms with Gasteiger partial charge < -0.3 is 15.4 Å². The molecule has 0 aliphatic heterocycles. The Labute approximate surface area is 104 Å². The van der Waals surface area contributed by atoms with Crippen LogP contribution in [0.5, 0.6) is 0 Å². The average molecular weight is 275 g/mol. The highest BCUT2D eigenvalue weighted by atomic mass is 35.5. The van der Waals surface area contributed by atoms with Crippen LogP contribution >= 0.6 is 22.9 Å². The number of nitro groups is 1. The average Bonchev–Trinajstić information content (AvgIpc) is 2.85. The first-order chi connectivity index (χ1) is 8.10. The van der Waals surface area contributed by atoms with Crippen LogP contribution in [0.25, 0.3) is 0 Å². The Morgan fingerprint density at radius 2 is 2.41 bits per heavy atom. The molecule has 2 aromatic heterocycles. The van der Waals surface area contributed by atoms with Crippen LogP contribution in [0, 0.1) is 10.1 Å². The predicted molar refractivity (Wildman–Crippen MR) is 62.4 cm³/mol. The summed E-state index contributed by atoms with van der Waals surface area (Å²) in [7, 11) is 1.74. The van der Waals surface area contributed by atoms with Gasteiger partial charge in [-0.3, -0.25) is 0 Å². The quantitative estimate of drug-likeness (QED) is 0.668. The Balaban J connectivity index is 2.18. The minimum Gasteiger partial charge on any atom is -0.363 e. The molecule has 0 fully saturated rings. The molecule has 0 radical (unpaired) electrons. The fourth-order valence-electron chi connectivity index (χ4n) is 1.15. The van der Waals surface area contributed by atoms with Crippen molar-refractivity contribution in [3.63, 3.8) is 0 Å². The largest absolute Gasteiger partial charge is 0.408 e. The van der Waals surface area contributed by atoms with E-state index in [-0.39, 0.29) is 10.8 Å². The van der Waals surface area contributed by atoms with E-state index < -0.39 is 4.92 Å². The molecule has 2 rings (SSSR count). The maximum absolute atomic E-state index is 10.5. The molecule has 0 aliphatic carbocycles. The molecule has 2 heterocycles. The van der Waals surface area contributed by atoms with Crippen molar-refractivity contribution in [2.75, 3.05) is 12.4 Å². The van der Waals surface area contributed by atoms with Gasteiger partial charge in [-0.15, -0.1) is 10.2 Å². The highest BCUT2D eigenvalue weighted by Gasteiger charge is 2.19. The number of aromatic nitrogens is 4. The van der Waals surface area contributed by atoms with E-state index >= 15 is 0 Å². The van der Waals surface area contributed by atoms with Crippen LogP contribution in [0.2, 0.25) is 5.02 Å². The maximum Gasteiger partial charge on any atom is 0.408 e. The van der Waals surface area contributed by atoms with Crippen molar-refractivity contribution in [3.05, 3.63) is 26.3 Å². The van der Waals surface area contributed by atoms with E-state index in [1.807, 2.05) is 0 Å². The van der Waals surface area contributed by atoms with Gasteiger partial charge in [0.25, 0.3) is 0 Å². The van der Waals surface area contributed by atoms with Gasteiger partial charge >= 0.3 is 5.82 Å². The Bertz CT molecular complexity index is 552. The van der Waals surface area contributed by atoms with Crippen LogP contribution in [-0.4, -0.2) is 31.9 Å². The molecule has 10 heteroatoms. The van der Waals surface area contributed by atoms with Crippen molar-refractivity contribution in [2.45, 2.75) is 6.54 Å². The molecule has 0 spiro atoms. The van der Waals surface area contributed by atoms with Gasteiger partial charge in [-0.05, 0) is 4.92 Å². The van der Waals surface area contributed by atoms with Crippen LogP contribution in [0.15, 0.2) is 6.20 Å². The van der Waals surface area contributed by atoms with Crippen molar-refractivity contribution >= 4 is 33.9 Å². The zero-order chi connectivity index (χ0) is 12.4. The van der Waals surface area contributed by atoms with E-state index in [0.717, 1.165) is 0 Å². The third-order valence-electron chi connectivity index (χ3n) is 1.85. The monoisotopic (exact) mass is 274 g/mol. The molecule has 90 valence electrons. The number of anilines is 1. The van der Waals surface area contributed by atoms with Gasteiger partial charge in [0.1, 0.15) is 11.6 Å². The SMILES string of the molecule is CNc1nnc(Cn2cc(Cl)c([N+](=O)[O-])n2)s1. The lowest BCUT2D eigenvalue weighted by atomic mass is 10.6. The molecule has 0 aromatic carbocycles. The van der Waals surface area contributed by atoms with E-state index in [2.05, 4.69) is 20.6 Å². The molecule has 0 unspecified atom stereocenters. The lowest BCUT2D eigenvalue weighted by molar-refractivity contribution is -0.389. The molecular formula is C7H7ClN6O2S. The minimum absolute atomic E-state index is 0.00774. The molecule has 2 aromatic rings. The molecule has 0 saturated heterocycles. The normalized spacial score (nSPS) is 10.5. The van der Waals surface area contributed by atoms with Crippen LogP contribution < -0.4 is 5.32 Å². The van der Waals surface area contributed by atoms with Crippen LogP contribution in [0.3, 0.4) is 0 Å². The summed E-state index contributed by atoms with van der Waals surface area (Å²) in [6.45, 7) is 0.299. The van der Waals surface area contributed by atoms with E-state index in [1.165, 1.54) is 22.2 Å². The number of hydrogen-bond acceptors (Lipinski definition) is 7. The smallest absolute Gasteiger partial charge is 0.363 e. The lowest BCUT2D eigenvalue weighted by Crippen LogP contribution is -2.00. The number of nitrogens with zero attached hydrogens (tertiary/aromatic N) is 5. The third kappa shape index (κ3) is 2.50. The van der Waals surface area contributed by atoms with Gasteiger partial charge in [-0.1, -0.05) is 22.9 Å². The summed E-state index contributed by atoms with van der Waals surface area (Å²) >= 11 is 7.01. The zero-order valence-corrected chi connectivity index (χ0v) is 10.2. The van der Waals surface area contributed by atoms with Crippen LogP contribution in [-0.2, 0) is 6.54 Å². The van der Waals surface area contributed by atoms with Crippen molar-refractivity contribution < 1.29 is 4.92 Å². The van der Waals surface area contributed by atoms with Crippen molar-refractivity contribution in [1.29, 1.82) is 0 Å². The molecule has 0 bridgehead atoms. The van der Waals surface area contributed by atoms with Crippen LogP contribution in [0.1, 0.15) is 5.01 Å². The van der Waals surface area contributed by atoms with Gasteiger partial charge in [-0.25, -0.2) is 0 Å². The first-order valence-electron chi connectivity index (χ1n) is 4.47. The highest BCUT2D eigenvalue weighted by Crippen LogP contribution is 2.22. The van der Waals surface area contributed by atoms with Gasteiger partial charge in [-0.2, -0.15) is 4.68 Å². The van der Waals surface area contributed by atoms with E-state index in [0.29, 0.717) is 16.7 Å². The summed E-state index contributed by atoms with van der Waals surface area (Å²) in [5, 5.41) is 26.2. The second-order valence-corrected chi connectivity index (χ2v) is 4.48. The Morgan fingerprint density at radius 1 is 1.65 bits per heavy atom. The number of nitrogens with one attached hydrogen (secondary N) is 1. The van der Waals surface area contributed by atoms with Crippen LogP contribution in [0.4, 0.5) is 10.9 Å². The van der Waals surface area contributed by atoms with Gasteiger partial charge in [0.15, 0.2) is 5.02 Å². The summed E-state index contributed by atoms with van der Waals surface area (Å²) in [5.41, 5.74) is 0. The fraction of sp³-hybridized carbons (Fsp3) is 0.286. The number of rotatable bonds is 4. The minimum atomic E-state index is -0.627. The second-order valence-electron chi connectivity index (χ2n) is 3.01. The third-order valence-corrected chi connectivity index (χ3v) is 3.04. The summed E-state index contributed by atoms with van der Waals surface area (Å²) in [6, 6.07) is 0. The Hall–Kier alpha value is -1.74. The zero-order valence-electron chi connectivity index (χ0n) is 8.62. The Morgan fingerprint density at radius 3 is 2.94 bits per heavy atom. The van der Waals surface area contributed by atoms with Gasteiger partial charge in [0.05, 0.1) is 11.3 Å². The highest BCUT2D eigenvalue weighted by molar-refractivity contribution is 7.15. The van der Waals surface area contributed by atoms with Gasteiger partial charge in [0, 0.05) is 7.05 Å². The van der Waals surface area contributed by atoms with E-state index in [9.17, 15) is 10.1 Å². The summed E-state index contributed by atoms with van der Waals surface area (Å²) < 4.78 is 1.36. The van der Waals surface area contributed by atoms with Gasteiger partial charge in [0.2, 0.25) is 5.13 Å². The first-order valence-corrected chi connectivity index (χ1v) is 5.67. The van der Waals surface area contributed by atoms with Crippen molar-refractivity contribution in [1.82, 2.24) is 20.0 Å². The topological polar surface area (TPSA) is 98.8 Å². The van der Waals surface area contributed by atoms with Crippen molar-refractivity contribution in [2.24, 2.45) is 0 Å².